The van der Waals surface area contributed by atoms with Crippen molar-refractivity contribution in [1.29, 1.82) is 0 Å². The summed E-state index contributed by atoms with van der Waals surface area (Å²) in [6.45, 7) is 1.99. The Morgan fingerprint density at radius 1 is 1.45 bits per heavy atom. The number of hydrogen-bond acceptors (Lipinski definition) is 3. The molecule has 4 N–H and O–H groups in total. The number of hydrogen-bond donors (Lipinski definition) is 2. The summed E-state index contributed by atoms with van der Waals surface area (Å²) in [6.07, 6.45) is 1.54. The number of rotatable bonds is 1. The maximum absolute atomic E-state index is 5.66. The van der Waals surface area contributed by atoms with Crippen molar-refractivity contribution in [1.82, 2.24) is 0 Å². The minimum absolute atomic E-state index is 0.708. The maximum atomic E-state index is 5.66. The molecule has 0 unspecified atom stereocenters. The van der Waals surface area contributed by atoms with Crippen LogP contribution in [0.1, 0.15) is 11.1 Å². The van der Waals surface area contributed by atoms with Gasteiger partial charge in [-0.25, -0.2) is 0 Å². The van der Waals surface area contributed by atoms with E-state index in [1.54, 1.807) is 0 Å². The Morgan fingerprint density at radius 2 is 2.18 bits per heavy atom. The second-order valence-electron chi connectivity index (χ2n) is 2.41. The highest BCUT2D eigenvalue weighted by Crippen LogP contribution is 2.10. The molecule has 3 nitrogen and oxygen atoms in total. The number of nitrogens with zero attached hydrogens (tertiary/aromatic N) is 1. The summed E-state index contributed by atoms with van der Waals surface area (Å²) in [5, 5.41) is 3.39. The molecule has 0 spiro atoms. The van der Waals surface area contributed by atoms with Crippen molar-refractivity contribution < 1.29 is 0 Å². The number of anilines is 1. The van der Waals surface area contributed by atoms with E-state index in [0.29, 0.717) is 5.69 Å². The van der Waals surface area contributed by atoms with Gasteiger partial charge in [-0.05, 0) is 18.6 Å². The van der Waals surface area contributed by atoms with Crippen LogP contribution in [0.3, 0.4) is 0 Å². The largest absolute Gasteiger partial charge is 0.398 e. The quantitative estimate of drug-likeness (QED) is 0.269. The average molecular weight is 149 g/mol. The van der Waals surface area contributed by atoms with Gasteiger partial charge in [-0.3, -0.25) is 0 Å². The monoisotopic (exact) mass is 149 g/mol. The third-order valence-electron chi connectivity index (χ3n) is 1.46. The van der Waals surface area contributed by atoms with Crippen LogP contribution in [-0.2, 0) is 0 Å². The Labute approximate surface area is 65.7 Å². The Balaban J connectivity index is 3.09. The molecule has 0 bridgehead atoms. The molecule has 0 heterocycles. The minimum atomic E-state index is 0.708. The Hall–Kier alpha value is -1.51. The van der Waals surface area contributed by atoms with Gasteiger partial charge in [0.25, 0.3) is 0 Å². The van der Waals surface area contributed by atoms with Gasteiger partial charge in [0.05, 0.1) is 6.21 Å². The van der Waals surface area contributed by atoms with Gasteiger partial charge in [-0.15, -0.1) is 0 Å². The smallest absolute Gasteiger partial charge is 0.0558 e. The van der Waals surface area contributed by atoms with E-state index >= 15 is 0 Å². The zero-order chi connectivity index (χ0) is 8.27. The summed E-state index contributed by atoms with van der Waals surface area (Å²) >= 11 is 0. The topological polar surface area (TPSA) is 64.4 Å². The maximum Gasteiger partial charge on any atom is 0.0558 e. The molecule has 0 amide bonds. The first-order chi connectivity index (χ1) is 5.24. The van der Waals surface area contributed by atoms with Gasteiger partial charge >= 0.3 is 0 Å². The van der Waals surface area contributed by atoms with Crippen molar-refractivity contribution >= 4 is 11.9 Å². The first kappa shape index (κ1) is 7.60. The first-order valence-corrected chi connectivity index (χ1v) is 3.33. The lowest BCUT2D eigenvalue weighted by molar-refractivity contribution is 1.26. The van der Waals surface area contributed by atoms with Gasteiger partial charge in [0.1, 0.15) is 0 Å². The summed E-state index contributed by atoms with van der Waals surface area (Å²) in [6, 6.07) is 5.74. The van der Waals surface area contributed by atoms with Gasteiger partial charge in [-0.2, -0.15) is 5.10 Å². The van der Waals surface area contributed by atoms with Gasteiger partial charge in [0, 0.05) is 11.3 Å². The van der Waals surface area contributed by atoms with E-state index < -0.39 is 0 Å². The Morgan fingerprint density at radius 3 is 2.73 bits per heavy atom. The number of nitrogens with two attached hydrogens (primary N) is 2. The van der Waals surface area contributed by atoms with E-state index in [0.717, 1.165) is 11.1 Å². The molecule has 0 aliphatic rings. The minimum Gasteiger partial charge on any atom is -0.398 e. The van der Waals surface area contributed by atoms with Crippen molar-refractivity contribution in [2.24, 2.45) is 10.9 Å². The van der Waals surface area contributed by atoms with Crippen molar-refractivity contribution in [2.75, 3.05) is 5.73 Å². The SMILES string of the molecule is Cc1ccc(/C=N\N)c(N)c1. The summed E-state index contributed by atoms with van der Waals surface area (Å²) in [5.74, 6) is 4.98. The zero-order valence-electron chi connectivity index (χ0n) is 6.41. The summed E-state index contributed by atoms with van der Waals surface area (Å²) in [4.78, 5) is 0. The number of aryl methyl sites for hydroxylation is 1. The van der Waals surface area contributed by atoms with Crippen molar-refractivity contribution in [3.63, 3.8) is 0 Å². The Kier molecular flexibility index (Phi) is 2.11. The molecule has 0 atom stereocenters. The van der Waals surface area contributed by atoms with Crippen LogP contribution in [0.15, 0.2) is 23.3 Å². The second kappa shape index (κ2) is 3.05. The van der Waals surface area contributed by atoms with E-state index in [4.69, 9.17) is 11.6 Å². The van der Waals surface area contributed by atoms with Gasteiger partial charge in [-0.1, -0.05) is 12.1 Å². The van der Waals surface area contributed by atoms with Crippen LogP contribution in [-0.4, -0.2) is 6.21 Å². The molecule has 1 aromatic rings. The normalized spacial score (nSPS) is 10.6. The van der Waals surface area contributed by atoms with E-state index in [1.165, 1.54) is 6.21 Å². The summed E-state index contributed by atoms with van der Waals surface area (Å²) in [7, 11) is 0. The van der Waals surface area contributed by atoms with E-state index in [1.807, 2.05) is 25.1 Å². The summed E-state index contributed by atoms with van der Waals surface area (Å²) < 4.78 is 0. The third kappa shape index (κ3) is 1.70. The molecule has 3 heteroatoms. The molecule has 11 heavy (non-hydrogen) atoms. The second-order valence-corrected chi connectivity index (χ2v) is 2.41. The van der Waals surface area contributed by atoms with E-state index in [9.17, 15) is 0 Å². The number of hydrazone groups is 1. The van der Waals surface area contributed by atoms with Crippen LogP contribution < -0.4 is 11.6 Å². The molecule has 0 saturated carbocycles. The molecule has 0 fully saturated rings. The lowest BCUT2D eigenvalue weighted by atomic mass is 10.1. The molecular weight excluding hydrogens is 138 g/mol. The molecule has 1 rings (SSSR count). The predicted octanol–water partition coefficient (Wildman–Crippen LogP) is 0.870. The van der Waals surface area contributed by atoms with Crippen LogP contribution in [0.4, 0.5) is 5.69 Å². The van der Waals surface area contributed by atoms with E-state index in [-0.39, 0.29) is 0 Å². The fourth-order valence-corrected chi connectivity index (χ4v) is 0.892. The lowest BCUT2D eigenvalue weighted by Crippen LogP contribution is -1.94. The van der Waals surface area contributed by atoms with Crippen LogP contribution in [0.25, 0.3) is 0 Å². The molecule has 0 saturated heterocycles. The van der Waals surface area contributed by atoms with Gasteiger partial charge < -0.3 is 11.6 Å². The van der Waals surface area contributed by atoms with Crippen LogP contribution in [0.2, 0.25) is 0 Å². The molecule has 0 aliphatic heterocycles. The summed E-state index contributed by atoms with van der Waals surface area (Å²) in [5.41, 5.74) is 8.36. The Bertz CT molecular complexity index is 279. The number of benzene rings is 1. The van der Waals surface area contributed by atoms with Crippen molar-refractivity contribution in [2.45, 2.75) is 6.92 Å². The van der Waals surface area contributed by atoms with Crippen LogP contribution in [0.5, 0.6) is 0 Å². The standard InChI is InChI=1S/C8H11N3/c1-6-2-3-7(5-11-10)8(9)4-6/h2-5H,9-10H2,1H3/b11-5-. The highest BCUT2D eigenvalue weighted by molar-refractivity contribution is 5.86. The van der Waals surface area contributed by atoms with E-state index in [2.05, 4.69) is 5.10 Å². The highest BCUT2D eigenvalue weighted by atomic mass is 15.1. The molecule has 0 aliphatic carbocycles. The molecule has 58 valence electrons. The molecular formula is C8H11N3. The van der Waals surface area contributed by atoms with Gasteiger partial charge in [0.15, 0.2) is 0 Å². The predicted molar refractivity (Wildman–Crippen MR) is 47.4 cm³/mol. The lowest BCUT2D eigenvalue weighted by Gasteiger charge is -1.99. The highest BCUT2D eigenvalue weighted by Gasteiger charge is 1.93. The zero-order valence-corrected chi connectivity index (χ0v) is 6.41. The van der Waals surface area contributed by atoms with Gasteiger partial charge in [0.2, 0.25) is 0 Å². The molecule has 0 aromatic heterocycles. The van der Waals surface area contributed by atoms with Crippen molar-refractivity contribution in [3.05, 3.63) is 29.3 Å². The average Bonchev–Trinajstić information content (AvgIpc) is 1.95. The molecule has 1 aromatic carbocycles. The fourth-order valence-electron chi connectivity index (χ4n) is 0.892. The number of nitrogen functional groups attached to an aromatic ring is 1. The van der Waals surface area contributed by atoms with Crippen molar-refractivity contribution in [3.8, 4) is 0 Å². The third-order valence-corrected chi connectivity index (χ3v) is 1.46. The van der Waals surface area contributed by atoms with Crippen LogP contribution >= 0.6 is 0 Å². The first-order valence-electron chi connectivity index (χ1n) is 3.33. The molecule has 0 radical (unpaired) electrons. The fraction of sp³-hybridized carbons (Fsp3) is 0.125. The van der Waals surface area contributed by atoms with Crippen LogP contribution in [0, 0.1) is 6.92 Å².